The highest BCUT2D eigenvalue weighted by Gasteiger charge is 2.20. The van der Waals surface area contributed by atoms with Crippen molar-refractivity contribution < 1.29 is 14.3 Å². The van der Waals surface area contributed by atoms with E-state index in [-0.39, 0.29) is 12.2 Å². The molecular formula is C17H25NO3. The summed E-state index contributed by atoms with van der Waals surface area (Å²) in [5, 5.41) is 2.78. The van der Waals surface area contributed by atoms with Crippen LogP contribution in [0.25, 0.3) is 0 Å². The minimum Gasteiger partial charge on any atom is -0.490 e. The first-order chi connectivity index (χ1) is 9.83. The van der Waals surface area contributed by atoms with E-state index in [4.69, 9.17) is 9.47 Å². The summed E-state index contributed by atoms with van der Waals surface area (Å²) in [5.41, 5.74) is 2.09. The van der Waals surface area contributed by atoms with Crippen molar-refractivity contribution in [2.24, 2.45) is 0 Å². The van der Waals surface area contributed by atoms with Crippen LogP contribution in [0, 0.1) is 6.92 Å². The molecule has 0 saturated heterocycles. The first kappa shape index (κ1) is 15.7. The van der Waals surface area contributed by atoms with Crippen molar-refractivity contribution >= 4 is 6.09 Å². The number of nitrogens with one attached hydrogen (secondary N) is 1. The minimum atomic E-state index is -0.456. The van der Waals surface area contributed by atoms with Crippen LogP contribution >= 0.6 is 0 Å². The zero-order valence-electron chi connectivity index (χ0n) is 13.4. The monoisotopic (exact) mass is 291 g/mol. The minimum absolute atomic E-state index is 0.162. The van der Waals surface area contributed by atoms with E-state index in [1.54, 1.807) is 0 Å². The van der Waals surface area contributed by atoms with Gasteiger partial charge >= 0.3 is 6.09 Å². The molecule has 1 N–H and O–H groups in total. The van der Waals surface area contributed by atoms with Crippen LogP contribution in [0.1, 0.15) is 44.7 Å². The lowest BCUT2D eigenvalue weighted by atomic mass is 9.99. The van der Waals surface area contributed by atoms with Crippen molar-refractivity contribution in [3.05, 3.63) is 29.3 Å². The fourth-order valence-electron chi connectivity index (χ4n) is 2.43. The summed E-state index contributed by atoms with van der Waals surface area (Å²) < 4.78 is 11.2. The van der Waals surface area contributed by atoms with Crippen LogP contribution in [0.5, 0.6) is 5.75 Å². The Kier molecular flexibility index (Phi) is 4.76. The number of alkyl carbamates (subject to hydrolysis) is 1. The van der Waals surface area contributed by atoms with Gasteiger partial charge in [0, 0.05) is 13.0 Å². The van der Waals surface area contributed by atoms with Gasteiger partial charge in [-0.25, -0.2) is 4.79 Å². The van der Waals surface area contributed by atoms with E-state index in [2.05, 4.69) is 24.4 Å². The molecule has 1 aromatic carbocycles. The molecule has 0 spiro atoms. The van der Waals surface area contributed by atoms with Crippen LogP contribution in [-0.2, 0) is 11.2 Å². The molecule has 1 heterocycles. The number of carbonyl (C=O) groups excluding carboxylic acids is 1. The van der Waals surface area contributed by atoms with Crippen LogP contribution in [0.15, 0.2) is 18.2 Å². The highest BCUT2D eigenvalue weighted by Crippen LogP contribution is 2.29. The lowest BCUT2D eigenvalue weighted by molar-refractivity contribution is 0.0518. The number of fused-ring (bicyclic) bond motifs is 1. The molecule has 1 amide bonds. The lowest BCUT2D eigenvalue weighted by Gasteiger charge is -2.26. The molecule has 1 aliphatic rings. The predicted octanol–water partition coefficient (Wildman–Crippen LogP) is 3.60. The van der Waals surface area contributed by atoms with Crippen LogP contribution in [-0.4, -0.2) is 24.3 Å². The van der Waals surface area contributed by atoms with E-state index in [0.29, 0.717) is 6.54 Å². The van der Waals surface area contributed by atoms with Crippen molar-refractivity contribution in [2.75, 3.05) is 6.54 Å². The molecular weight excluding hydrogens is 266 g/mol. The number of amides is 1. The Morgan fingerprint density at radius 2 is 2.19 bits per heavy atom. The molecule has 0 aliphatic carbocycles. The number of carbonyl (C=O) groups is 1. The Balaban J connectivity index is 1.76. The van der Waals surface area contributed by atoms with Crippen molar-refractivity contribution in [3.8, 4) is 5.75 Å². The first-order valence-corrected chi connectivity index (χ1v) is 7.56. The quantitative estimate of drug-likeness (QED) is 0.925. The second-order valence-corrected chi connectivity index (χ2v) is 6.61. The second-order valence-electron chi connectivity index (χ2n) is 6.61. The average molecular weight is 291 g/mol. The topological polar surface area (TPSA) is 47.6 Å². The van der Waals surface area contributed by atoms with E-state index in [1.807, 2.05) is 26.8 Å². The highest BCUT2D eigenvalue weighted by atomic mass is 16.6. The molecule has 0 saturated carbocycles. The summed E-state index contributed by atoms with van der Waals surface area (Å²) in [6.07, 6.45) is 2.62. The van der Waals surface area contributed by atoms with Crippen molar-refractivity contribution in [3.63, 3.8) is 0 Å². The standard InChI is InChI=1S/C17H25NO3/c1-12-5-8-15-13(11-12)6-7-14(20-15)9-10-18-16(19)21-17(2,3)4/h5,8,11,14H,6-7,9-10H2,1-4H3,(H,18,19). The Morgan fingerprint density at radius 3 is 2.90 bits per heavy atom. The normalized spacial score (nSPS) is 17.6. The number of aryl methyl sites for hydroxylation is 2. The number of benzene rings is 1. The maximum absolute atomic E-state index is 11.6. The van der Waals surface area contributed by atoms with Gasteiger partial charge in [0.1, 0.15) is 17.5 Å². The number of rotatable bonds is 3. The molecule has 0 aromatic heterocycles. The molecule has 116 valence electrons. The lowest BCUT2D eigenvalue weighted by Crippen LogP contribution is -2.35. The SMILES string of the molecule is Cc1ccc2c(c1)CCC(CCNC(=O)OC(C)(C)C)O2. The van der Waals surface area contributed by atoms with Gasteiger partial charge in [-0.3, -0.25) is 0 Å². The summed E-state index contributed by atoms with van der Waals surface area (Å²) >= 11 is 0. The molecule has 2 rings (SSSR count). The zero-order valence-corrected chi connectivity index (χ0v) is 13.4. The Bertz CT molecular complexity index is 505. The molecule has 1 atom stereocenters. The van der Waals surface area contributed by atoms with E-state index in [1.165, 1.54) is 11.1 Å². The molecule has 4 nitrogen and oxygen atoms in total. The largest absolute Gasteiger partial charge is 0.490 e. The van der Waals surface area contributed by atoms with Gasteiger partial charge in [-0.1, -0.05) is 17.7 Å². The molecule has 1 unspecified atom stereocenters. The third-order valence-corrected chi connectivity index (χ3v) is 3.38. The van der Waals surface area contributed by atoms with E-state index >= 15 is 0 Å². The maximum Gasteiger partial charge on any atom is 0.407 e. The third kappa shape index (κ3) is 4.96. The number of hydrogen-bond acceptors (Lipinski definition) is 3. The summed E-state index contributed by atoms with van der Waals surface area (Å²) in [7, 11) is 0. The Morgan fingerprint density at radius 1 is 1.43 bits per heavy atom. The van der Waals surface area contributed by atoms with Crippen molar-refractivity contribution in [2.45, 2.75) is 58.7 Å². The molecule has 4 heteroatoms. The number of ether oxygens (including phenoxy) is 2. The zero-order chi connectivity index (χ0) is 15.5. The number of hydrogen-bond donors (Lipinski definition) is 1. The Labute approximate surface area is 126 Å². The fraction of sp³-hybridized carbons (Fsp3) is 0.588. The fourth-order valence-corrected chi connectivity index (χ4v) is 2.43. The van der Waals surface area contributed by atoms with E-state index in [9.17, 15) is 4.79 Å². The van der Waals surface area contributed by atoms with E-state index < -0.39 is 5.60 Å². The molecule has 21 heavy (non-hydrogen) atoms. The molecule has 1 aromatic rings. The van der Waals surface area contributed by atoms with Gasteiger partial charge in [0.2, 0.25) is 0 Å². The summed E-state index contributed by atoms with van der Waals surface area (Å²) in [6.45, 7) is 8.24. The van der Waals surface area contributed by atoms with Gasteiger partial charge in [0.25, 0.3) is 0 Å². The predicted molar refractivity (Wildman–Crippen MR) is 82.8 cm³/mol. The average Bonchev–Trinajstić information content (AvgIpc) is 2.36. The smallest absolute Gasteiger partial charge is 0.407 e. The molecule has 0 radical (unpaired) electrons. The van der Waals surface area contributed by atoms with Gasteiger partial charge in [0.15, 0.2) is 0 Å². The second kappa shape index (κ2) is 6.37. The highest BCUT2D eigenvalue weighted by molar-refractivity contribution is 5.67. The summed E-state index contributed by atoms with van der Waals surface area (Å²) in [5.74, 6) is 0.981. The first-order valence-electron chi connectivity index (χ1n) is 7.56. The van der Waals surface area contributed by atoms with Crippen LogP contribution in [0.2, 0.25) is 0 Å². The van der Waals surface area contributed by atoms with Gasteiger partial charge in [-0.05, 0) is 52.2 Å². The Hall–Kier alpha value is -1.71. The van der Waals surface area contributed by atoms with Crippen LogP contribution in [0.4, 0.5) is 4.79 Å². The van der Waals surface area contributed by atoms with Crippen molar-refractivity contribution in [1.82, 2.24) is 5.32 Å². The van der Waals surface area contributed by atoms with E-state index in [0.717, 1.165) is 25.0 Å². The van der Waals surface area contributed by atoms with Crippen LogP contribution in [0.3, 0.4) is 0 Å². The maximum atomic E-state index is 11.6. The van der Waals surface area contributed by atoms with Gasteiger partial charge in [-0.15, -0.1) is 0 Å². The van der Waals surface area contributed by atoms with Crippen LogP contribution < -0.4 is 10.1 Å². The third-order valence-electron chi connectivity index (χ3n) is 3.38. The molecule has 0 bridgehead atoms. The van der Waals surface area contributed by atoms with Gasteiger partial charge in [0.05, 0.1) is 0 Å². The van der Waals surface area contributed by atoms with Crippen molar-refractivity contribution in [1.29, 1.82) is 0 Å². The molecule has 0 fully saturated rings. The van der Waals surface area contributed by atoms with Gasteiger partial charge < -0.3 is 14.8 Å². The summed E-state index contributed by atoms with van der Waals surface area (Å²) in [4.78, 5) is 11.6. The van der Waals surface area contributed by atoms with Gasteiger partial charge in [-0.2, -0.15) is 0 Å². The summed E-state index contributed by atoms with van der Waals surface area (Å²) in [6, 6.07) is 6.29. The molecule has 1 aliphatic heterocycles.